The van der Waals surface area contributed by atoms with Gasteiger partial charge in [0, 0.05) is 5.02 Å². The van der Waals surface area contributed by atoms with Crippen molar-refractivity contribution in [3.05, 3.63) is 64.2 Å². The molecule has 0 aliphatic heterocycles. The Bertz CT molecular complexity index is 661. The summed E-state index contributed by atoms with van der Waals surface area (Å²) in [6.45, 7) is 2.11. The van der Waals surface area contributed by atoms with Gasteiger partial charge < -0.3 is 4.74 Å². The van der Waals surface area contributed by atoms with E-state index >= 15 is 0 Å². The highest BCUT2D eigenvalue weighted by Gasteiger charge is 2.17. The van der Waals surface area contributed by atoms with Crippen molar-refractivity contribution >= 4 is 11.6 Å². The molecule has 0 heterocycles. The maximum absolute atomic E-state index is 9.51. The minimum atomic E-state index is -0.278. The highest BCUT2D eigenvalue weighted by atomic mass is 35.5. The zero-order valence-corrected chi connectivity index (χ0v) is 13.0. The molecule has 0 aromatic heterocycles. The molecule has 0 saturated carbocycles. The van der Waals surface area contributed by atoms with E-state index < -0.39 is 0 Å². The SMILES string of the molecule is CCc1ccc(OC)c(CC(C#N)c2ccccc2Cl)c1. The first-order valence-corrected chi connectivity index (χ1v) is 7.37. The summed E-state index contributed by atoms with van der Waals surface area (Å²) in [5.74, 6) is 0.541. The van der Waals surface area contributed by atoms with E-state index in [1.165, 1.54) is 5.56 Å². The highest BCUT2D eigenvalue weighted by Crippen LogP contribution is 2.30. The minimum absolute atomic E-state index is 0.278. The molecule has 1 unspecified atom stereocenters. The van der Waals surface area contributed by atoms with Gasteiger partial charge >= 0.3 is 0 Å². The maximum atomic E-state index is 9.51. The zero-order valence-electron chi connectivity index (χ0n) is 12.3. The van der Waals surface area contributed by atoms with Gasteiger partial charge in [0.2, 0.25) is 0 Å². The van der Waals surface area contributed by atoms with Crippen molar-refractivity contribution in [3.8, 4) is 11.8 Å². The molecule has 0 spiro atoms. The number of nitrogens with zero attached hydrogens (tertiary/aromatic N) is 1. The average Bonchev–Trinajstić information content (AvgIpc) is 2.53. The molecule has 0 aliphatic carbocycles. The number of hydrogen-bond acceptors (Lipinski definition) is 2. The second-order valence-corrected chi connectivity index (χ2v) is 5.31. The lowest BCUT2D eigenvalue weighted by molar-refractivity contribution is 0.409. The summed E-state index contributed by atoms with van der Waals surface area (Å²) in [5, 5.41) is 10.1. The summed E-state index contributed by atoms with van der Waals surface area (Å²) in [7, 11) is 1.65. The molecule has 108 valence electrons. The first kappa shape index (κ1) is 15.4. The first-order chi connectivity index (χ1) is 10.2. The molecule has 0 aliphatic rings. The number of aryl methyl sites for hydroxylation is 1. The second-order valence-electron chi connectivity index (χ2n) is 4.91. The van der Waals surface area contributed by atoms with E-state index in [4.69, 9.17) is 16.3 Å². The van der Waals surface area contributed by atoms with Gasteiger partial charge in [0.05, 0.1) is 19.1 Å². The third-order valence-electron chi connectivity index (χ3n) is 3.61. The van der Waals surface area contributed by atoms with Crippen molar-refractivity contribution in [1.29, 1.82) is 5.26 Å². The molecule has 0 N–H and O–H groups in total. The number of methoxy groups -OCH3 is 1. The van der Waals surface area contributed by atoms with Crippen LogP contribution in [0.4, 0.5) is 0 Å². The molecule has 2 aromatic rings. The summed E-state index contributed by atoms with van der Waals surface area (Å²) in [4.78, 5) is 0. The maximum Gasteiger partial charge on any atom is 0.122 e. The molecule has 2 aromatic carbocycles. The number of rotatable bonds is 5. The summed E-state index contributed by atoms with van der Waals surface area (Å²) in [6, 6.07) is 16.0. The largest absolute Gasteiger partial charge is 0.496 e. The summed E-state index contributed by atoms with van der Waals surface area (Å²) in [5.41, 5.74) is 3.15. The Morgan fingerprint density at radius 1 is 1.24 bits per heavy atom. The third kappa shape index (κ3) is 3.56. The van der Waals surface area contributed by atoms with Crippen LogP contribution in [-0.2, 0) is 12.8 Å². The van der Waals surface area contributed by atoms with Gasteiger partial charge in [-0.1, -0.05) is 48.9 Å². The van der Waals surface area contributed by atoms with E-state index in [-0.39, 0.29) is 5.92 Å². The lowest BCUT2D eigenvalue weighted by Crippen LogP contribution is -2.03. The van der Waals surface area contributed by atoms with Crippen molar-refractivity contribution in [3.63, 3.8) is 0 Å². The van der Waals surface area contributed by atoms with Crippen molar-refractivity contribution in [2.75, 3.05) is 7.11 Å². The van der Waals surface area contributed by atoms with Gasteiger partial charge in [-0.25, -0.2) is 0 Å². The van der Waals surface area contributed by atoms with Gasteiger partial charge in [-0.15, -0.1) is 0 Å². The molecule has 2 nitrogen and oxygen atoms in total. The minimum Gasteiger partial charge on any atom is -0.496 e. The molecule has 0 fully saturated rings. The van der Waals surface area contributed by atoms with Crippen LogP contribution in [0.1, 0.15) is 29.5 Å². The Labute approximate surface area is 130 Å². The van der Waals surface area contributed by atoms with Gasteiger partial charge in [-0.05, 0) is 41.7 Å². The van der Waals surface area contributed by atoms with Crippen LogP contribution < -0.4 is 4.74 Å². The topological polar surface area (TPSA) is 33.0 Å². The number of hydrogen-bond donors (Lipinski definition) is 0. The quantitative estimate of drug-likeness (QED) is 0.797. The predicted molar refractivity (Wildman–Crippen MR) is 85.9 cm³/mol. The monoisotopic (exact) mass is 299 g/mol. The third-order valence-corrected chi connectivity index (χ3v) is 3.96. The molecule has 1 atom stereocenters. The van der Waals surface area contributed by atoms with Crippen LogP contribution >= 0.6 is 11.6 Å². The number of nitriles is 1. The molecule has 0 saturated heterocycles. The van der Waals surface area contributed by atoms with E-state index in [2.05, 4.69) is 25.1 Å². The van der Waals surface area contributed by atoms with Gasteiger partial charge in [0.1, 0.15) is 5.75 Å². The van der Waals surface area contributed by atoms with Crippen molar-refractivity contribution in [2.45, 2.75) is 25.7 Å². The number of benzene rings is 2. The Kier molecular flexibility index (Phi) is 5.25. The molecule has 0 radical (unpaired) electrons. The smallest absolute Gasteiger partial charge is 0.122 e. The van der Waals surface area contributed by atoms with Gasteiger partial charge in [0.25, 0.3) is 0 Å². The van der Waals surface area contributed by atoms with Gasteiger partial charge in [-0.2, -0.15) is 5.26 Å². The van der Waals surface area contributed by atoms with E-state index in [1.54, 1.807) is 7.11 Å². The van der Waals surface area contributed by atoms with E-state index in [9.17, 15) is 5.26 Å². The van der Waals surface area contributed by atoms with E-state index in [1.807, 2.05) is 30.3 Å². The van der Waals surface area contributed by atoms with Crippen molar-refractivity contribution in [1.82, 2.24) is 0 Å². The van der Waals surface area contributed by atoms with Crippen molar-refractivity contribution < 1.29 is 4.74 Å². The fourth-order valence-corrected chi connectivity index (χ4v) is 2.68. The summed E-state index contributed by atoms with van der Waals surface area (Å²) < 4.78 is 5.41. The number of ether oxygens (including phenoxy) is 1. The highest BCUT2D eigenvalue weighted by molar-refractivity contribution is 6.31. The lowest BCUT2D eigenvalue weighted by atomic mass is 9.92. The summed E-state index contributed by atoms with van der Waals surface area (Å²) >= 11 is 6.21. The van der Waals surface area contributed by atoms with Crippen molar-refractivity contribution in [2.24, 2.45) is 0 Å². The molecule has 3 heteroatoms. The Hall–Kier alpha value is -1.98. The Balaban J connectivity index is 2.35. The molecule has 0 bridgehead atoms. The van der Waals surface area contributed by atoms with Crippen LogP contribution in [-0.4, -0.2) is 7.11 Å². The second kappa shape index (κ2) is 7.15. The van der Waals surface area contributed by atoms with Gasteiger partial charge in [0.15, 0.2) is 0 Å². The first-order valence-electron chi connectivity index (χ1n) is 6.99. The van der Waals surface area contributed by atoms with Crippen LogP contribution in [0.25, 0.3) is 0 Å². The Morgan fingerprint density at radius 3 is 2.62 bits per heavy atom. The summed E-state index contributed by atoms with van der Waals surface area (Å²) in [6.07, 6.45) is 1.55. The number of halogens is 1. The zero-order chi connectivity index (χ0) is 15.2. The predicted octanol–water partition coefficient (Wildman–Crippen LogP) is 4.76. The molecule has 0 amide bonds. The lowest BCUT2D eigenvalue weighted by Gasteiger charge is -2.15. The molecular formula is C18H18ClNO. The molecule has 2 rings (SSSR count). The van der Waals surface area contributed by atoms with E-state index in [0.29, 0.717) is 11.4 Å². The standard InChI is InChI=1S/C18H18ClNO/c1-3-13-8-9-18(21-2)14(10-13)11-15(12-20)16-6-4-5-7-17(16)19/h4-10,15H,3,11H2,1-2H3. The average molecular weight is 300 g/mol. The van der Waals surface area contributed by atoms with Crippen LogP contribution in [0.5, 0.6) is 5.75 Å². The van der Waals surface area contributed by atoms with Crippen LogP contribution in [0.2, 0.25) is 5.02 Å². The van der Waals surface area contributed by atoms with Crippen LogP contribution in [0.3, 0.4) is 0 Å². The Morgan fingerprint density at radius 2 is 2.00 bits per heavy atom. The fraction of sp³-hybridized carbons (Fsp3) is 0.278. The molecule has 21 heavy (non-hydrogen) atoms. The normalized spacial score (nSPS) is 11.7. The van der Waals surface area contributed by atoms with Crippen LogP contribution in [0.15, 0.2) is 42.5 Å². The molecular weight excluding hydrogens is 282 g/mol. The van der Waals surface area contributed by atoms with E-state index in [0.717, 1.165) is 23.3 Å². The van der Waals surface area contributed by atoms with Gasteiger partial charge in [-0.3, -0.25) is 0 Å². The fourth-order valence-electron chi connectivity index (χ4n) is 2.41. The van der Waals surface area contributed by atoms with Crippen LogP contribution in [0, 0.1) is 11.3 Å².